The van der Waals surface area contributed by atoms with Crippen LogP contribution in [0.25, 0.3) is 0 Å². The second kappa shape index (κ2) is 4.19. The highest BCUT2D eigenvalue weighted by molar-refractivity contribution is 5.17. The molecule has 1 heterocycles. The third-order valence-corrected chi connectivity index (χ3v) is 3.18. The average Bonchev–Trinajstić information content (AvgIpc) is 2.24. The highest BCUT2D eigenvalue weighted by Crippen LogP contribution is 2.31. The van der Waals surface area contributed by atoms with E-state index in [0.29, 0.717) is 11.4 Å². The van der Waals surface area contributed by atoms with Crippen LogP contribution in [0.2, 0.25) is 0 Å². The van der Waals surface area contributed by atoms with Gasteiger partial charge in [0.15, 0.2) is 0 Å². The number of nitrogens with one attached hydrogen (secondary N) is 1. The first-order valence-corrected chi connectivity index (χ1v) is 5.46. The van der Waals surface area contributed by atoms with Crippen LogP contribution < -0.4 is 10.1 Å². The van der Waals surface area contributed by atoms with Crippen molar-refractivity contribution in [1.29, 1.82) is 0 Å². The summed E-state index contributed by atoms with van der Waals surface area (Å²) in [4.78, 5) is 4.18. The van der Waals surface area contributed by atoms with E-state index in [1.165, 1.54) is 24.8 Å². The Morgan fingerprint density at radius 2 is 2.27 bits per heavy atom. The van der Waals surface area contributed by atoms with Crippen LogP contribution in [0.5, 0.6) is 5.88 Å². The number of methoxy groups -OCH3 is 1. The molecule has 1 fully saturated rings. The van der Waals surface area contributed by atoms with E-state index in [1.54, 1.807) is 7.11 Å². The molecule has 1 N–H and O–H groups in total. The summed E-state index contributed by atoms with van der Waals surface area (Å²) in [5, 5.41) is 3.57. The highest BCUT2D eigenvalue weighted by Gasteiger charge is 2.30. The molecule has 15 heavy (non-hydrogen) atoms. The summed E-state index contributed by atoms with van der Waals surface area (Å²) in [5.41, 5.74) is 1.57. The molecule has 3 nitrogen and oxygen atoms in total. The van der Waals surface area contributed by atoms with E-state index in [2.05, 4.69) is 23.3 Å². The van der Waals surface area contributed by atoms with Crippen molar-refractivity contribution in [3.8, 4) is 5.88 Å². The van der Waals surface area contributed by atoms with Crippen molar-refractivity contribution in [2.24, 2.45) is 0 Å². The second-order valence-electron chi connectivity index (χ2n) is 4.48. The van der Waals surface area contributed by atoms with Crippen molar-refractivity contribution < 1.29 is 4.74 Å². The molecule has 0 atom stereocenters. The van der Waals surface area contributed by atoms with Crippen LogP contribution in [0.1, 0.15) is 31.7 Å². The van der Waals surface area contributed by atoms with Gasteiger partial charge in [-0.2, -0.15) is 0 Å². The van der Waals surface area contributed by atoms with Crippen LogP contribution in [0.15, 0.2) is 18.3 Å². The summed E-state index contributed by atoms with van der Waals surface area (Å²) in [6.45, 7) is 3.18. The molecule has 0 unspecified atom stereocenters. The standard InChI is InChI=1S/C12H18N2O/c1-12(6-3-7-12)14-9-10-4-5-11(15-2)13-8-10/h4-5,8,14H,3,6-7,9H2,1-2H3. The van der Waals surface area contributed by atoms with Gasteiger partial charge in [-0.15, -0.1) is 0 Å². The number of hydrogen-bond donors (Lipinski definition) is 1. The first kappa shape index (κ1) is 10.4. The molecule has 1 saturated carbocycles. The zero-order valence-corrected chi connectivity index (χ0v) is 9.42. The predicted octanol–water partition coefficient (Wildman–Crippen LogP) is 2.12. The minimum Gasteiger partial charge on any atom is -0.481 e. The minimum atomic E-state index is 0.361. The van der Waals surface area contributed by atoms with E-state index in [-0.39, 0.29) is 0 Å². The first-order valence-electron chi connectivity index (χ1n) is 5.46. The SMILES string of the molecule is COc1ccc(CNC2(C)CCC2)cn1. The molecule has 3 heteroatoms. The fraction of sp³-hybridized carbons (Fsp3) is 0.583. The molecule has 0 radical (unpaired) electrons. The number of ether oxygens (including phenoxy) is 1. The summed E-state index contributed by atoms with van der Waals surface area (Å²) >= 11 is 0. The molecule has 1 aliphatic carbocycles. The molecule has 0 aromatic carbocycles. The van der Waals surface area contributed by atoms with Crippen molar-refractivity contribution in [3.63, 3.8) is 0 Å². The second-order valence-corrected chi connectivity index (χ2v) is 4.48. The third kappa shape index (κ3) is 2.48. The van der Waals surface area contributed by atoms with Gasteiger partial charge in [0.05, 0.1) is 7.11 Å². The Morgan fingerprint density at radius 3 is 2.73 bits per heavy atom. The molecule has 0 aliphatic heterocycles. The third-order valence-electron chi connectivity index (χ3n) is 3.18. The van der Waals surface area contributed by atoms with Gasteiger partial charge in [0, 0.05) is 24.3 Å². The van der Waals surface area contributed by atoms with E-state index in [0.717, 1.165) is 6.54 Å². The summed E-state index contributed by atoms with van der Waals surface area (Å²) in [7, 11) is 1.63. The molecule has 1 aromatic rings. The molecule has 0 amide bonds. The Morgan fingerprint density at radius 1 is 1.47 bits per heavy atom. The lowest BCUT2D eigenvalue weighted by Gasteiger charge is -2.39. The van der Waals surface area contributed by atoms with Crippen LogP contribution >= 0.6 is 0 Å². The zero-order chi connectivity index (χ0) is 10.7. The van der Waals surface area contributed by atoms with Crippen LogP contribution in [0.3, 0.4) is 0 Å². The van der Waals surface area contributed by atoms with Gasteiger partial charge < -0.3 is 10.1 Å². The van der Waals surface area contributed by atoms with Crippen LogP contribution in [0, 0.1) is 0 Å². The molecule has 0 bridgehead atoms. The van der Waals surface area contributed by atoms with Crippen LogP contribution in [-0.4, -0.2) is 17.6 Å². The van der Waals surface area contributed by atoms with E-state index in [1.807, 2.05) is 12.3 Å². The maximum atomic E-state index is 5.02. The predicted molar refractivity (Wildman–Crippen MR) is 59.9 cm³/mol. The van der Waals surface area contributed by atoms with Gasteiger partial charge in [-0.1, -0.05) is 6.07 Å². The fourth-order valence-corrected chi connectivity index (χ4v) is 1.84. The maximum Gasteiger partial charge on any atom is 0.212 e. The highest BCUT2D eigenvalue weighted by atomic mass is 16.5. The van der Waals surface area contributed by atoms with Crippen molar-refractivity contribution in [2.75, 3.05) is 7.11 Å². The number of nitrogens with zero attached hydrogens (tertiary/aromatic N) is 1. The normalized spacial score (nSPS) is 18.3. The van der Waals surface area contributed by atoms with Gasteiger partial charge in [0.1, 0.15) is 0 Å². The Labute approximate surface area is 90.9 Å². The van der Waals surface area contributed by atoms with Gasteiger partial charge >= 0.3 is 0 Å². The smallest absolute Gasteiger partial charge is 0.212 e. The monoisotopic (exact) mass is 206 g/mol. The molecule has 0 spiro atoms. The summed E-state index contributed by atoms with van der Waals surface area (Å²) < 4.78 is 5.02. The van der Waals surface area contributed by atoms with Gasteiger partial charge in [0.2, 0.25) is 5.88 Å². The van der Waals surface area contributed by atoms with E-state index in [4.69, 9.17) is 4.74 Å². The van der Waals surface area contributed by atoms with Gasteiger partial charge in [-0.3, -0.25) is 0 Å². The lowest BCUT2D eigenvalue weighted by atomic mass is 9.78. The van der Waals surface area contributed by atoms with Crippen molar-refractivity contribution in [2.45, 2.75) is 38.3 Å². The van der Waals surface area contributed by atoms with Crippen molar-refractivity contribution in [3.05, 3.63) is 23.9 Å². The van der Waals surface area contributed by atoms with Gasteiger partial charge in [-0.05, 0) is 31.7 Å². The summed E-state index contributed by atoms with van der Waals surface area (Å²) in [6.07, 6.45) is 5.80. The molecule has 2 rings (SSSR count). The average molecular weight is 206 g/mol. The van der Waals surface area contributed by atoms with E-state index < -0.39 is 0 Å². The molecule has 82 valence electrons. The minimum absolute atomic E-state index is 0.361. The quantitative estimate of drug-likeness (QED) is 0.819. The van der Waals surface area contributed by atoms with Crippen molar-refractivity contribution >= 4 is 0 Å². The zero-order valence-electron chi connectivity index (χ0n) is 9.42. The molecular weight excluding hydrogens is 188 g/mol. The Bertz CT molecular complexity index is 317. The molecule has 1 aromatic heterocycles. The van der Waals surface area contributed by atoms with Crippen LogP contribution in [0.4, 0.5) is 0 Å². The van der Waals surface area contributed by atoms with Crippen molar-refractivity contribution in [1.82, 2.24) is 10.3 Å². The van der Waals surface area contributed by atoms with Crippen LogP contribution in [-0.2, 0) is 6.54 Å². The Kier molecular flexibility index (Phi) is 2.91. The molecular formula is C12H18N2O. The fourth-order valence-electron chi connectivity index (χ4n) is 1.84. The summed E-state index contributed by atoms with van der Waals surface area (Å²) in [6, 6.07) is 3.96. The number of rotatable bonds is 4. The largest absolute Gasteiger partial charge is 0.481 e. The van der Waals surface area contributed by atoms with Gasteiger partial charge in [0.25, 0.3) is 0 Å². The number of aromatic nitrogens is 1. The Hall–Kier alpha value is -1.09. The Balaban J connectivity index is 1.87. The summed E-state index contributed by atoms with van der Waals surface area (Å²) in [5.74, 6) is 0.675. The van der Waals surface area contributed by atoms with Gasteiger partial charge in [-0.25, -0.2) is 4.98 Å². The molecule has 1 aliphatic rings. The van der Waals surface area contributed by atoms with E-state index in [9.17, 15) is 0 Å². The van der Waals surface area contributed by atoms with E-state index >= 15 is 0 Å². The lowest BCUT2D eigenvalue weighted by Crippen LogP contribution is -2.47. The number of pyridine rings is 1. The lowest BCUT2D eigenvalue weighted by molar-refractivity contribution is 0.206. The topological polar surface area (TPSA) is 34.1 Å². The first-order chi connectivity index (χ1) is 7.22. The number of hydrogen-bond acceptors (Lipinski definition) is 3. The molecule has 0 saturated heterocycles. The maximum absolute atomic E-state index is 5.02.